The number of benzene rings is 1. The molecule has 0 saturated carbocycles. The number of nitrogens with zero attached hydrogens (tertiary/aromatic N) is 3. The number of aromatic nitrogens is 3. The van der Waals surface area contributed by atoms with E-state index in [1.54, 1.807) is 4.80 Å². The molecule has 0 saturated heterocycles. The molecule has 0 bridgehead atoms. The second kappa shape index (κ2) is 4.78. The van der Waals surface area contributed by atoms with E-state index in [4.69, 9.17) is 0 Å². The third-order valence-electron chi connectivity index (χ3n) is 2.37. The van der Waals surface area contributed by atoms with Crippen LogP contribution < -0.4 is 0 Å². The summed E-state index contributed by atoms with van der Waals surface area (Å²) in [4.78, 5) is 1.57. The summed E-state index contributed by atoms with van der Waals surface area (Å²) in [5, 5.41) is 8.73. The van der Waals surface area contributed by atoms with Gasteiger partial charge in [-0.1, -0.05) is 30.9 Å². The van der Waals surface area contributed by atoms with Crippen LogP contribution in [-0.4, -0.2) is 15.0 Å². The first kappa shape index (κ1) is 11.3. The van der Waals surface area contributed by atoms with Crippen molar-refractivity contribution in [1.82, 2.24) is 15.0 Å². The van der Waals surface area contributed by atoms with Crippen molar-refractivity contribution in [1.29, 1.82) is 0 Å². The normalized spacial score (nSPS) is 12.5. The lowest BCUT2D eigenvalue weighted by Gasteiger charge is -1.98. The van der Waals surface area contributed by atoms with Gasteiger partial charge < -0.3 is 0 Å². The van der Waals surface area contributed by atoms with Crippen LogP contribution in [0.5, 0.6) is 0 Å². The predicted octanol–water partition coefficient (Wildman–Crippen LogP) is 3.42. The Morgan fingerprint density at radius 3 is 2.35 bits per heavy atom. The van der Waals surface area contributed by atoms with E-state index in [1.165, 1.54) is 0 Å². The fourth-order valence-electron chi connectivity index (χ4n) is 1.62. The second-order valence-electron chi connectivity index (χ2n) is 3.86. The minimum Gasteiger partial charge on any atom is -0.151 e. The van der Waals surface area contributed by atoms with Gasteiger partial charge in [-0.2, -0.15) is 4.80 Å². The Hall–Kier alpha value is -2.16. The standard InChI is InChI=1S/C14H15N3/c1-4-7-11(2)10-12(3)17-15-13-8-5-6-9-14(13)16-17/h4-10H,3H2,1-2H3/b7-4-,11-10-. The minimum absolute atomic E-state index is 0.761. The lowest BCUT2D eigenvalue weighted by atomic mass is 10.2. The molecule has 0 radical (unpaired) electrons. The maximum Gasteiger partial charge on any atom is 0.113 e. The van der Waals surface area contributed by atoms with Gasteiger partial charge in [-0.15, -0.1) is 10.2 Å². The molecule has 2 aromatic rings. The van der Waals surface area contributed by atoms with Crippen LogP contribution in [0.3, 0.4) is 0 Å². The highest BCUT2D eigenvalue weighted by Crippen LogP contribution is 2.11. The first-order valence-electron chi connectivity index (χ1n) is 5.53. The average molecular weight is 225 g/mol. The Kier molecular flexibility index (Phi) is 3.19. The Morgan fingerprint density at radius 2 is 1.82 bits per heavy atom. The van der Waals surface area contributed by atoms with E-state index in [0.29, 0.717) is 0 Å². The molecule has 3 nitrogen and oxygen atoms in total. The molecule has 0 N–H and O–H groups in total. The highest BCUT2D eigenvalue weighted by atomic mass is 15.5. The van der Waals surface area contributed by atoms with Crippen molar-refractivity contribution < 1.29 is 0 Å². The van der Waals surface area contributed by atoms with Gasteiger partial charge in [0.05, 0.1) is 5.70 Å². The average Bonchev–Trinajstić information content (AvgIpc) is 2.72. The molecule has 0 aliphatic heterocycles. The molecule has 2 rings (SSSR count). The SMILES string of the molecule is C=C(/C=C(C)\C=C/C)n1nc2ccccc2n1. The molecule has 17 heavy (non-hydrogen) atoms. The number of rotatable bonds is 3. The molecule has 0 unspecified atom stereocenters. The summed E-state index contributed by atoms with van der Waals surface area (Å²) in [6.45, 7) is 7.98. The maximum atomic E-state index is 4.36. The van der Waals surface area contributed by atoms with Gasteiger partial charge in [-0.25, -0.2) is 0 Å². The summed E-state index contributed by atoms with van der Waals surface area (Å²) < 4.78 is 0. The van der Waals surface area contributed by atoms with Crippen molar-refractivity contribution in [2.24, 2.45) is 0 Å². The van der Waals surface area contributed by atoms with E-state index >= 15 is 0 Å². The molecule has 1 aromatic carbocycles. The molecule has 0 atom stereocenters. The fourth-order valence-corrected chi connectivity index (χ4v) is 1.62. The summed E-state index contributed by atoms with van der Waals surface area (Å²) in [6, 6.07) is 7.78. The van der Waals surface area contributed by atoms with E-state index in [0.717, 1.165) is 22.3 Å². The third-order valence-corrected chi connectivity index (χ3v) is 2.37. The Morgan fingerprint density at radius 1 is 1.24 bits per heavy atom. The molecule has 3 heteroatoms. The Bertz CT molecular complexity index is 570. The zero-order chi connectivity index (χ0) is 12.3. The van der Waals surface area contributed by atoms with Crippen molar-refractivity contribution in [2.75, 3.05) is 0 Å². The first-order valence-corrected chi connectivity index (χ1v) is 5.53. The summed E-state index contributed by atoms with van der Waals surface area (Å²) in [7, 11) is 0. The molecule has 1 aromatic heterocycles. The van der Waals surface area contributed by atoms with E-state index in [1.807, 2.05) is 56.3 Å². The third kappa shape index (κ3) is 2.50. The van der Waals surface area contributed by atoms with Crippen LogP contribution in [0.15, 0.2) is 54.6 Å². The van der Waals surface area contributed by atoms with E-state index < -0.39 is 0 Å². The molecule has 0 fully saturated rings. The number of fused-ring (bicyclic) bond motifs is 1. The lowest BCUT2D eigenvalue weighted by molar-refractivity contribution is 0.792. The molecule has 0 aliphatic carbocycles. The predicted molar refractivity (Wildman–Crippen MR) is 71.4 cm³/mol. The molecule has 0 spiro atoms. The number of hydrogen-bond acceptors (Lipinski definition) is 2. The molecule has 1 heterocycles. The summed E-state index contributed by atoms with van der Waals surface area (Å²) >= 11 is 0. The zero-order valence-electron chi connectivity index (χ0n) is 10.1. The van der Waals surface area contributed by atoms with Crippen LogP contribution in [0, 0.1) is 0 Å². The Labute approximate surface area is 101 Å². The summed E-state index contributed by atoms with van der Waals surface area (Å²) in [5.41, 5.74) is 3.65. The largest absolute Gasteiger partial charge is 0.151 e. The summed E-state index contributed by atoms with van der Waals surface area (Å²) in [6.07, 6.45) is 5.97. The monoisotopic (exact) mass is 225 g/mol. The molecule has 0 amide bonds. The molecule has 0 aliphatic rings. The molecular formula is C14H15N3. The van der Waals surface area contributed by atoms with Gasteiger partial charge in [0.1, 0.15) is 11.0 Å². The van der Waals surface area contributed by atoms with Crippen LogP contribution >= 0.6 is 0 Å². The van der Waals surface area contributed by atoms with Crippen molar-refractivity contribution >= 4 is 16.7 Å². The number of allylic oxidation sites excluding steroid dienone is 5. The van der Waals surface area contributed by atoms with Crippen LogP contribution in [0.2, 0.25) is 0 Å². The van der Waals surface area contributed by atoms with Crippen molar-refractivity contribution in [2.45, 2.75) is 13.8 Å². The van der Waals surface area contributed by atoms with Crippen molar-refractivity contribution in [3.63, 3.8) is 0 Å². The van der Waals surface area contributed by atoms with Gasteiger partial charge in [-0.3, -0.25) is 0 Å². The molecular weight excluding hydrogens is 210 g/mol. The molecule has 86 valence electrons. The fraction of sp³-hybridized carbons (Fsp3) is 0.143. The summed E-state index contributed by atoms with van der Waals surface area (Å²) in [5.74, 6) is 0. The van der Waals surface area contributed by atoms with Crippen LogP contribution in [-0.2, 0) is 0 Å². The Balaban J connectivity index is 2.34. The lowest BCUT2D eigenvalue weighted by Crippen LogP contribution is -1.98. The maximum absolute atomic E-state index is 4.36. The minimum atomic E-state index is 0.761. The van der Waals surface area contributed by atoms with Crippen molar-refractivity contribution in [3.05, 3.63) is 54.6 Å². The van der Waals surface area contributed by atoms with Gasteiger partial charge in [0.15, 0.2) is 0 Å². The van der Waals surface area contributed by atoms with E-state index in [-0.39, 0.29) is 0 Å². The van der Waals surface area contributed by atoms with Crippen LogP contribution in [0.4, 0.5) is 0 Å². The van der Waals surface area contributed by atoms with Gasteiger partial charge in [-0.05, 0) is 37.6 Å². The van der Waals surface area contributed by atoms with Gasteiger partial charge >= 0.3 is 0 Å². The van der Waals surface area contributed by atoms with Crippen LogP contribution in [0.1, 0.15) is 13.8 Å². The topological polar surface area (TPSA) is 30.7 Å². The number of hydrogen-bond donors (Lipinski definition) is 0. The second-order valence-corrected chi connectivity index (χ2v) is 3.86. The van der Waals surface area contributed by atoms with Crippen LogP contribution in [0.25, 0.3) is 16.7 Å². The smallest absolute Gasteiger partial charge is 0.113 e. The van der Waals surface area contributed by atoms with Gasteiger partial charge in [0.25, 0.3) is 0 Å². The highest BCUT2D eigenvalue weighted by Gasteiger charge is 2.02. The van der Waals surface area contributed by atoms with Gasteiger partial charge in [0, 0.05) is 0 Å². The zero-order valence-corrected chi connectivity index (χ0v) is 10.1. The highest BCUT2D eigenvalue weighted by molar-refractivity contribution is 5.74. The van der Waals surface area contributed by atoms with Gasteiger partial charge in [0.2, 0.25) is 0 Å². The van der Waals surface area contributed by atoms with E-state index in [2.05, 4.69) is 16.8 Å². The van der Waals surface area contributed by atoms with E-state index in [9.17, 15) is 0 Å². The van der Waals surface area contributed by atoms with Crippen molar-refractivity contribution in [3.8, 4) is 0 Å². The quantitative estimate of drug-likeness (QED) is 0.749. The first-order chi connectivity index (χ1) is 8.20.